The van der Waals surface area contributed by atoms with Gasteiger partial charge in [0.2, 0.25) is 0 Å². The maximum absolute atomic E-state index is 13.0. The molecular formula is C27H27BrN2O3. The molecule has 3 aromatic rings. The predicted octanol–water partition coefficient (Wildman–Crippen LogP) is 6.35. The minimum Gasteiger partial charge on any atom is -0.494 e. The third kappa shape index (κ3) is 7.61. The molecule has 0 heterocycles. The van der Waals surface area contributed by atoms with E-state index in [2.05, 4.69) is 33.5 Å². The van der Waals surface area contributed by atoms with Crippen molar-refractivity contribution in [3.8, 4) is 5.75 Å². The summed E-state index contributed by atoms with van der Waals surface area (Å²) < 4.78 is 6.58. The van der Waals surface area contributed by atoms with Crippen LogP contribution >= 0.6 is 15.9 Å². The largest absolute Gasteiger partial charge is 0.494 e. The molecule has 2 N–H and O–H groups in total. The van der Waals surface area contributed by atoms with Gasteiger partial charge in [0, 0.05) is 15.7 Å². The minimum absolute atomic E-state index is 0.145. The van der Waals surface area contributed by atoms with Crippen LogP contribution in [0.25, 0.3) is 6.08 Å². The van der Waals surface area contributed by atoms with E-state index in [1.54, 1.807) is 30.3 Å². The highest BCUT2D eigenvalue weighted by atomic mass is 79.9. The molecule has 0 spiro atoms. The minimum atomic E-state index is -0.408. The number of hydrogen-bond acceptors (Lipinski definition) is 3. The number of unbranched alkanes of at least 4 members (excludes halogenated alkanes) is 1. The SMILES string of the molecule is CCCCOc1ccc(C(=O)NC(=Cc2ccc(Br)cc2)C(=O)Nc2ccc(C)cc2)cc1. The quantitative estimate of drug-likeness (QED) is 0.262. The fourth-order valence-corrected chi connectivity index (χ4v) is 3.22. The summed E-state index contributed by atoms with van der Waals surface area (Å²) in [7, 11) is 0. The number of benzene rings is 3. The fourth-order valence-electron chi connectivity index (χ4n) is 2.95. The molecule has 0 atom stereocenters. The van der Waals surface area contributed by atoms with Crippen molar-refractivity contribution in [2.45, 2.75) is 26.7 Å². The molecule has 0 unspecified atom stereocenters. The number of hydrogen-bond donors (Lipinski definition) is 2. The number of aryl methyl sites for hydroxylation is 1. The Hall–Kier alpha value is -3.38. The fraction of sp³-hybridized carbons (Fsp3) is 0.185. The first-order chi connectivity index (χ1) is 15.9. The van der Waals surface area contributed by atoms with E-state index in [0.717, 1.165) is 28.4 Å². The van der Waals surface area contributed by atoms with Crippen molar-refractivity contribution in [3.05, 3.63) is 99.7 Å². The van der Waals surface area contributed by atoms with E-state index in [1.807, 2.05) is 55.5 Å². The summed E-state index contributed by atoms with van der Waals surface area (Å²) in [6, 6.07) is 21.8. The lowest BCUT2D eigenvalue weighted by Gasteiger charge is -2.12. The Bertz CT molecular complexity index is 1110. The molecule has 6 heteroatoms. The molecular weight excluding hydrogens is 480 g/mol. The summed E-state index contributed by atoms with van der Waals surface area (Å²) in [6.45, 7) is 4.72. The van der Waals surface area contributed by atoms with Crippen molar-refractivity contribution < 1.29 is 14.3 Å². The summed E-state index contributed by atoms with van der Waals surface area (Å²) in [5.41, 5.74) is 3.10. The number of anilines is 1. The Morgan fingerprint density at radius 1 is 0.939 bits per heavy atom. The molecule has 0 radical (unpaired) electrons. The second kappa shape index (κ2) is 12.0. The van der Waals surface area contributed by atoms with Crippen molar-refractivity contribution in [2.75, 3.05) is 11.9 Å². The van der Waals surface area contributed by atoms with Crippen molar-refractivity contribution in [3.63, 3.8) is 0 Å². The van der Waals surface area contributed by atoms with Gasteiger partial charge in [-0.1, -0.05) is 59.1 Å². The van der Waals surface area contributed by atoms with Crippen LogP contribution in [-0.4, -0.2) is 18.4 Å². The van der Waals surface area contributed by atoms with Crippen LogP contribution in [0.15, 0.2) is 83.0 Å². The lowest BCUT2D eigenvalue weighted by atomic mass is 10.1. The van der Waals surface area contributed by atoms with Crippen molar-refractivity contribution in [1.82, 2.24) is 5.32 Å². The first kappa shape index (κ1) is 24.3. The standard InChI is InChI=1S/C27H27BrN2O3/c1-3-4-17-33-24-15-9-21(10-16-24)26(31)30-25(18-20-7-11-22(28)12-8-20)27(32)29-23-13-5-19(2)6-14-23/h5-16,18H,3-4,17H2,1-2H3,(H,29,32)(H,30,31). The average Bonchev–Trinajstić information content (AvgIpc) is 2.82. The Labute approximate surface area is 203 Å². The molecule has 2 amide bonds. The zero-order chi connectivity index (χ0) is 23.6. The zero-order valence-electron chi connectivity index (χ0n) is 18.7. The highest BCUT2D eigenvalue weighted by Gasteiger charge is 2.15. The van der Waals surface area contributed by atoms with E-state index < -0.39 is 5.91 Å². The van der Waals surface area contributed by atoms with Crippen molar-refractivity contribution in [1.29, 1.82) is 0 Å². The van der Waals surface area contributed by atoms with Gasteiger partial charge in [0.05, 0.1) is 6.61 Å². The molecule has 0 fully saturated rings. The van der Waals surface area contributed by atoms with Gasteiger partial charge in [0.15, 0.2) is 0 Å². The van der Waals surface area contributed by atoms with Crippen LogP contribution in [0.3, 0.4) is 0 Å². The second-order valence-electron chi connectivity index (χ2n) is 7.61. The molecule has 0 aliphatic carbocycles. The van der Waals surface area contributed by atoms with Crippen LogP contribution < -0.4 is 15.4 Å². The van der Waals surface area contributed by atoms with Crippen LogP contribution in [0.2, 0.25) is 0 Å². The first-order valence-electron chi connectivity index (χ1n) is 10.8. The Balaban J connectivity index is 1.78. The number of ether oxygens (including phenoxy) is 1. The molecule has 0 saturated carbocycles. The lowest BCUT2D eigenvalue weighted by molar-refractivity contribution is -0.113. The van der Waals surface area contributed by atoms with Gasteiger partial charge >= 0.3 is 0 Å². The van der Waals surface area contributed by atoms with Crippen LogP contribution in [0.4, 0.5) is 5.69 Å². The number of rotatable bonds is 9. The van der Waals surface area contributed by atoms with Crippen molar-refractivity contribution in [2.24, 2.45) is 0 Å². The summed E-state index contributed by atoms with van der Waals surface area (Å²) in [4.78, 5) is 25.9. The number of carbonyl (C=O) groups excluding carboxylic acids is 2. The van der Waals surface area contributed by atoms with Crippen LogP contribution in [0, 0.1) is 6.92 Å². The maximum atomic E-state index is 13.0. The van der Waals surface area contributed by atoms with Gasteiger partial charge in [-0.2, -0.15) is 0 Å². The molecule has 3 rings (SSSR count). The molecule has 0 bridgehead atoms. The molecule has 0 aliphatic heterocycles. The number of amides is 2. The number of halogens is 1. The molecule has 0 aromatic heterocycles. The van der Waals surface area contributed by atoms with E-state index >= 15 is 0 Å². The first-order valence-corrected chi connectivity index (χ1v) is 11.6. The summed E-state index contributed by atoms with van der Waals surface area (Å²) in [6.07, 6.45) is 3.68. The molecule has 0 saturated heterocycles. The van der Waals surface area contributed by atoms with E-state index in [0.29, 0.717) is 23.6 Å². The van der Waals surface area contributed by atoms with Gasteiger partial charge in [0.1, 0.15) is 11.4 Å². The third-order valence-corrected chi connectivity index (χ3v) is 5.40. The van der Waals surface area contributed by atoms with E-state index in [-0.39, 0.29) is 11.6 Å². The molecule has 33 heavy (non-hydrogen) atoms. The third-order valence-electron chi connectivity index (χ3n) is 4.87. The van der Waals surface area contributed by atoms with E-state index in [1.165, 1.54) is 0 Å². The highest BCUT2D eigenvalue weighted by Crippen LogP contribution is 2.16. The predicted molar refractivity (Wildman–Crippen MR) is 136 cm³/mol. The number of carbonyl (C=O) groups is 2. The Kier molecular flexibility index (Phi) is 8.84. The van der Waals surface area contributed by atoms with Gasteiger partial charge in [-0.05, 0) is 73.5 Å². The molecule has 5 nitrogen and oxygen atoms in total. The van der Waals surface area contributed by atoms with Gasteiger partial charge in [-0.3, -0.25) is 9.59 Å². The molecule has 3 aromatic carbocycles. The Morgan fingerprint density at radius 2 is 1.61 bits per heavy atom. The molecule has 0 aliphatic rings. The van der Waals surface area contributed by atoms with Crippen molar-refractivity contribution >= 4 is 39.5 Å². The van der Waals surface area contributed by atoms with Crippen LogP contribution in [0.5, 0.6) is 5.75 Å². The van der Waals surface area contributed by atoms with Crippen LogP contribution in [-0.2, 0) is 4.79 Å². The lowest BCUT2D eigenvalue weighted by Crippen LogP contribution is -2.30. The summed E-state index contributed by atoms with van der Waals surface area (Å²) in [5.74, 6) is -0.0742. The number of nitrogens with one attached hydrogen (secondary N) is 2. The monoisotopic (exact) mass is 506 g/mol. The molecule has 170 valence electrons. The normalized spacial score (nSPS) is 11.1. The smallest absolute Gasteiger partial charge is 0.272 e. The van der Waals surface area contributed by atoms with Gasteiger partial charge in [-0.25, -0.2) is 0 Å². The summed E-state index contributed by atoms with van der Waals surface area (Å²) in [5, 5.41) is 5.60. The van der Waals surface area contributed by atoms with Crippen LogP contribution in [0.1, 0.15) is 41.3 Å². The summed E-state index contributed by atoms with van der Waals surface area (Å²) >= 11 is 3.41. The average molecular weight is 507 g/mol. The van der Waals surface area contributed by atoms with E-state index in [9.17, 15) is 9.59 Å². The highest BCUT2D eigenvalue weighted by molar-refractivity contribution is 9.10. The Morgan fingerprint density at radius 3 is 2.24 bits per heavy atom. The second-order valence-corrected chi connectivity index (χ2v) is 8.53. The van der Waals surface area contributed by atoms with Gasteiger partial charge < -0.3 is 15.4 Å². The van der Waals surface area contributed by atoms with E-state index in [4.69, 9.17) is 4.74 Å². The maximum Gasteiger partial charge on any atom is 0.272 e. The zero-order valence-corrected chi connectivity index (χ0v) is 20.3. The van der Waals surface area contributed by atoms with Gasteiger partial charge in [0.25, 0.3) is 11.8 Å². The topological polar surface area (TPSA) is 67.4 Å². The van der Waals surface area contributed by atoms with Gasteiger partial charge in [-0.15, -0.1) is 0 Å².